The Labute approximate surface area is 74.6 Å². The maximum absolute atomic E-state index is 9.19. The molecule has 0 spiro atoms. The Morgan fingerprint density at radius 2 is 1.91 bits per heavy atom. The van der Waals surface area contributed by atoms with Crippen LogP contribution in [-0.2, 0) is 0 Å². The van der Waals surface area contributed by atoms with Crippen LogP contribution in [-0.4, -0.2) is 17.8 Å². The summed E-state index contributed by atoms with van der Waals surface area (Å²) in [6.45, 7) is 0.427. The zero-order valence-corrected chi connectivity index (χ0v) is 7.65. The maximum atomic E-state index is 9.19. The Morgan fingerprint density at radius 1 is 1.36 bits per heavy atom. The molecular weight excluding hydrogens is 162 g/mol. The molecule has 3 heteroatoms. The molecule has 1 atom stereocenters. The first-order valence-corrected chi connectivity index (χ1v) is 4.21. The highest BCUT2D eigenvalue weighted by atomic mass is 35.5. The summed E-state index contributed by atoms with van der Waals surface area (Å²) < 4.78 is 0. The van der Waals surface area contributed by atoms with E-state index in [1.807, 2.05) is 0 Å². The van der Waals surface area contributed by atoms with Gasteiger partial charge in [-0.15, -0.1) is 12.4 Å². The Kier molecular flexibility index (Phi) is 5.92. The van der Waals surface area contributed by atoms with Crippen molar-refractivity contribution in [3.05, 3.63) is 0 Å². The molecule has 68 valence electrons. The quantitative estimate of drug-likeness (QED) is 0.687. The summed E-state index contributed by atoms with van der Waals surface area (Å²) >= 11 is 0. The zero-order chi connectivity index (χ0) is 7.40. The topological polar surface area (TPSA) is 46.2 Å². The fourth-order valence-electron chi connectivity index (χ4n) is 1.73. The highest BCUT2D eigenvalue weighted by Gasteiger charge is 2.17. The minimum absolute atomic E-state index is 0. The molecule has 0 amide bonds. The molecule has 0 bridgehead atoms. The van der Waals surface area contributed by atoms with Crippen molar-refractivity contribution in [3.63, 3.8) is 0 Å². The smallest absolute Gasteiger partial charge is 0.0665 e. The van der Waals surface area contributed by atoms with Crippen LogP contribution in [0.5, 0.6) is 0 Å². The molecule has 3 N–H and O–H groups in total. The number of aliphatic hydroxyl groups is 1. The Bertz CT molecular complexity index is 94.1. The number of hydrogen-bond acceptors (Lipinski definition) is 2. The van der Waals surface area contributed by atoms with Gasteiger partial charge < -0.3 is 10.8 Å². The van der Waals surface area contributed by atoms with Crippen molar-refractivity contribution in [2.75, 3.05) is 6.54 Å². The molecule has 1 rings (SSSR count). The van der Waals surface area contributed by atoms with E-state index >= 15 is 0 Å². The summed E-state index contributed by atoms with van der Waals surface area (Å²) in [4.78, 5) is 0. The van der Waals surface area contributed by atoms with Gasteiger partial charge in [-0.1, -0.05) is 25.7 Å². The lowest BCUT2D eigenvalue weighted by Crippen LogP contribution is -2.21. The number of halogens is 1. The fraction of sp³-hybridized carbons (Fsp3) is 1.00. The lowest BCUT2D eigenvalue weighted by atomic mass is 10.0. The maximum Gasteiger partial charge on any atom is 0.0665 e. The molecule has 0 heterocycles. The lowest BCUT2D eigenvalue weighted by Gasteiger charge is -2.12. The number of hydrogen-bond donors (Lipinski definition) is 2. The van der Waals surface area contributed by atoms with Gasteiger partial charge in [-0.25, -0.2) is 0 Å². The first kappa shape index (κ1) is 11.2. The molecule has 0 saturated heterocycles. The van der Waals surface area contributed by atoms with Crippen molar-refractivity contribution in [2.24, 2.45) is 11.7 Å². The molecule has 2 nitrogen and oxygen atoms in total. The summed E-state index contributed by atoms with van der Waals surface area (Å²) in [5.41, 5.74) is 5.30. The van der Waals surface area contributed by atoms with Crippen LogP contribution in [0.4, 0.5) is 0 Å². The van der Waals surface area contributed by atoms with E-state index in [4.69, 9.17) is 5.73 Å². The Balaban J connectivity index is 0.000001000. The molecule has 0 aliphatic heterocycles. The minimum Gasteiger partial charge on any atom is -0.392 e. The van der Waals surface area contributed by atoms with Crippen LogP contribution in [0.15, 0.2) is 0 Å². The van der Waals surface area contributed by atoms with E-state index < -0.39 is 0 Å². The third-order valence-electron chi connectivity index (χ3n) is 2.35. The summed E-state index contributed by atoms with van der Waals surface area (Å²) in [5.74, 6) is 0.763. The van der Waals surface area contributed by atoms with Crippen LogP contribution in [0.25, 0.3) is 0 Å². The third-order valence-corrected chi connectivity index (χ3v) is 2.35. The standard InChI is InChI=1S/C8H17NO.ClH/c9-6-8(10)5-7-3-1-2-4-7;/h7-8,10H,1-6,9H2;1H. The van der Waals surface area contributed by atoms with Gasteiger partial charge in [0, 0.05) is 6.54 Å². The second-order valence-electron chi connectivity index (χ2n) is 3.28. The molecule has 11 heavy (non-hydrogen) atoms. The molecule has 0 aromatic heterocycles. The molecule has 0 radical (unpaired) electrons. The average molecular weight is 180 g/mol. The number of aliphatic hydroxyl groups excluding tert-OH is 1. The molecule has 1 saturated carbocycles. The predicted molar refractivity (Wildman–Crippen MR) is 48.9 cm³/mol. The summed E-state index contributed by atoms with van der Waals surface area (Å²) in [6.07, 6.45) is 5.98. The van der Waals surface area contributed by atoms with Gasteiger partial charge in [-0.2, -0.15) is 0 Å². The molecular formula is C8H18ClNO. The third kappa shape index (κ3) is 3.94. The monoisotopic (exact) mass is 179 g/mol. The van der Waals surface area contributed by atoms with E-state index in [1.165, 1.54) is 25.7 Å². The van der Waals surface area contributed by atoms with Gasteiger partial charge in [-0.05, 0) is 12.3 Å². The van der Waals surface area contributed by atoms with Gasteiger partial charge in [0.2, 0.25) is 0 Å². The van der Waals surface area contributed by atoms with Crippen molar-refractivity contribution >= 4 is 12.4 Å². The molecule has 1 fully saturated rings. The second kappa shape index (κ2) is 5.81. The van der Waals surface area contributed by atoms with Crippen LogP contribution < -0.4 is 5.73 Å². The summed E-state index contributed by atoms with van der Waals surface area (Å²) in [5, 5.41) is 9.19. The molecule has 1 unspecified atom stereocenters. The molecule has 1 aliphatic rings. The van der Waals surface area contributed by atoms with Gasteiger partial charge >= 0.3 is 0 Å². The lowest BCUT2D eigenvalue weighted by molar-refractivity contribution is 0.150. The molecule has 0 aromatic rings. The SMILES string of the molecule is Cl.NCC(O)CC1CCCC1. The van der Waals surface area contributed by atoms with E-state index in [0.29, 0.717) is 6.54 Å². The van der Waals surface area contributed by atoms with E-state index in [-0.39, 0.29) is 18.5 Å². The highest BCUT2D eigenvalue weighted by molar-refractivity contribution is 5.85. The molecule has 1 aliphatic carbocycles. The van der Waals surface area contributed by atoms with E-state index in [2.05, 4.69) is 0 Å². The zero-order valence-electron chi connectivity index (χ0n) is 6.83. The van der Waals surface area contributed by atoms with Crippen LogP contribution >= 0.6 is 12.4 Å². The first-order valence-electron chi connectivity index (χ1n) is 4.21. The summed E-state index contributed by atoms with van der Waals surface area (Å²) in [7, 11) is 0. The van der Waals surface area contributed by atoms with Gasteiger partial charge in [0.25, 0.3) is 0 Å². The minimum atomic E-state index is -0.247. The van der Waals surface area contributed by atoms with Crippen molar-refractivity contribution < 1.29 is 5.11 Å². The van der Waals surface area contributed by atoms with Crippen molar-refractivity contribution in [2.45, 2.75) is 38.2 Å². The normalized spacial score (nSPS) is 21.3. The van der Waals surface area contributed by atoms with Crippen molar-refractivity contribution in [3.8, 4) is 0 Å². The highest BCUT2D eigenvalue weighted by Crippen LogP contribution is 2.28. The Hall–Kier alpha value is 0.210. The first-order chi connectivity index (χ1) is 4.83. The summed E-state index contributed by atoms with van der Waals surface area (Å²) in [6, 6.07) is 0. The van der Waals surface area contributed by atoms with Crippen molar-refractivity contribution in [1.82, 2.24) is 0 Å². The number of nitrogens with two attached hydrogens (primary N) is 1. The van der Waals surface area contributed by atoms with E-state index in [0.717, 1.165) is 12.3 Å². The predicted octanol–water partition coefficient (Wildman–Crippen LogP) is 1.31. The van der Waals surface area contributed by atoms with Gasteiger partial charge in [0.1, 0.15) is 0 Å². The Morgan fingerprint density at radius 3 is 2.36 bits per heavy atom. The largest absolute Gasteiger partial charge is 0.392 e. The van der Waals surface area contributed by atoms with Crippen LogP contribution in [0, 0.1) is 5.92 Å². The van der Waals surface area contributed by atoms with Gasteiger partial charge in [0.15, 0.2) is 0 Å². The average Bonchev–Trinajstić information content (AvgIpc) is 2.40. The van der Waals surface area contributed by atoms with Gasteiger partial charge in [-0.3, -0.25) is 0 Å². The fourth-order valence-corrected chi connectivity index (χ4v) is 1.73. The molecule has 0 aromatic carbocycles. The second-order valence-corrected chi connectivity index (χ2v) is 3.28. The van der Waals surface area contributed by atoms with Gasteiger partial charge in [0.05, 0.1) is 6.10 Å². The van der Waals surface area contributed by atoms with Crippen LogP contribution in [0.3, 0.4) is 0 Å². The number of rotatable bonds is 3. The van der Waals surface area contributed by atoms with E-state index in [1.54, 1.807) is 0 Å². The van der Waals surface area contributed by atoms with E-state index in [9.17, 15) is 5.11 Å². The van der Waals surface area contributed by atoms with Crippen molar-refractivity contribution in [1.29, 1.82) is 0 Å². The van der Waals surface area contributed by atoms with Crippen LogP contribution in [0.2, 0.25) is 0 Å². The van der Waals surface area contributed by atoms with Crippen LogP contribution in [0.1, 0.15) is 32.1 Å².